The molecule has 4 heteroatoms. The number of nitriles is 1. The van der Waals surface area contributed by atoms with E-state index < -0.39 is 5.97 Å². The van der Waals surface area contributed by atoms with E-state index >= 15 is 0 Å². The molecular weight excluding hydrogens is 180 g/mol. The van der Waals surface area contributed by atoms with Crippen LogP contribution in [-0.2, 0) is 4.79 Å². The Morgan fingerprint density at radius 2 is 2.00 bits per heavy atom. The average molecular weight is 190 g/mol. The summed E-state index contributed by atoms with van der Waals surface area (Å²) >= 11 is 0. The highest BCUT2D eigenvalue weighted by Gasteiger charge is 1.90. The zero-order chi connectivity index (χ0) is 11.0. The van der Waals surface area contributed by atoms with Crippen LogP contribution < -0.4 is 0 Å². The van der Waals surface area contributed by atoms with Crippen molar-refractivity contribution in [2.24, 2.45) is 0 Å². The number of rotatable bonds is 1. The molecule has 0 aliphatic rings. The van der Waals surface area contributed by atoms with Crippen molar-refractivity contribution in [1.29, 1.82) is 5.26 Å². The van der Waals surface area contributed by atoms with Crippen LogP contribution >= 0.6 is 0 Å². The molecule has 4 nitrogen and oxygen atoms in total. The number of carboxylic acid groups (broad SMARTS) is 1. The monoisotopic (exact) mass is 190 g/mol. The molecule has 14 heavy (non-hydrogen) atoms. The molecule has 1 rings (SSSR count). The number of carboxylic acids is 1. The Kier molecular flexibility index (Phi) is 5.40. The van der Waals surface area contributed by atoms with Crippen molar-refractivity contribution in [1.82, 2.24) is 4.98 Å². The van der Waals surface area contributed by atoms with Crippen molar-refractivity contribution in [3.63, 3.8) is 0 Å². The molecule has 0 saturated heterocycles. The summed E-state index contributed by atoms with van der Waals surface area (Å²) in [4.78, 5) is 13.3. The molecule has 72 valence electrons. The molecule has 0 aliphatic heterocycles. The highest BCUT2D eigenvalue weighted by molar-refractivity contribution is 5.84. The van der Waals surface area contributed by atoms with Gasteiger partial charge in [0.15, 0.2) is 0 Å². The van der Waals surface area contributed by atoms with Gasteiger partial charge < -0.3 is 5.11 Å². The van der Waals surface area contributed by atoms with Gasteiger partial charge in [-0.15, -0.1) is 0 Å². The Morgan fingerprint density at radius 1 is 1.57 bits per heavy atom. The van der Waals surface area contributed by atoms with Crippen LogP contribution in [0.4, 0.5) is 0 Å². The van der Waals surface area contributed by atoms with Crippen molar-refractivity contribution in [3.05, 3.63) is 42.2 Å². The van der Waals surface area contributed by atoms with E-state index in [9.17, 15) is 4.79 Å². The largest absolute Gasteiger partial charge is 0.478 e. The first-order chi connectivity index (χ1) is 6.57. The molecule has 0 aromatic carbocycles. The Labute approximate surface area is 82.1 Å². The van der Waals surface area contributed by atoms with E-state index in [-0.39, 0.29) is 5.57 Å². The lowest BCUT2D eigenvalue weighted by atomic mass is 10.3. The van der Waals surface area contributed by atoms with E-state index in [4.69, 9.17) is 10.4 Å². The molecule has 0 amide bonds. The van der Waals surface area contributed by atoms with Crippen LogP contribution in [-0.4, -0.2) is 16.1 Å². The van der Waals surface area contributed by atoms with Gasteiger partial charge in [0.25, 0.3) is 0 Å². The first kappa shape index (κ1) is 11.8. The summed E-state index contributed by atoms with van der Waals surface area (Å²) in [5.74, 6) is -0.935. The van der Waals surface area contributed by atoms with E-state index in [1.54, 1.807) is 24.5 Å². The smallest absolute Gasteiger partial charge is 0.330 e. The number of aromatic nitrogens is 1. The maximum atomic E-state index is 9.60. The fourth-order valence-electron chi connectivity index (χ4n) is 0.426. The molecule has 0 aliphatic carbocycles. The van der Waals surface area contributed by atoms with Crippen molar-refractivity contribution in [2.45, 2.75) is 6.92 Å². The maximum absolute atomic E-state index is 9.60. The molecule has 0 fully saturated rings. The van der Waals surface area contributed by atoms with Gasteiger partial charge in [-0.3, -0.25) is 4.98 Å². The quantitative estimate of drug-likeness (QED) is 0.682. The van der Waals surface area contributed by atoms with E-state index in [0.717, 1.165) is 0 Å². The minimum absolute atomic E-state index is 0.176. The predicted octanol–water partition coefficient (Wildman–Crippen LogP) is 1.60. The molecule has 0 atom stereocenters. The predicted molar refractivity (Wildman–Crippen MR) is 51.4 cm³/mol. The second-order valence-corrected chi connectivity index (χ2v) is 2.43. The summed E-state index contributed by atoms with van der Waals surface area (Å²) in [5, 5.41) is 16.2. The first-order valence-corrected chi connectivity index (χ1v) is 3.77. The van der Waals surface area contributed by atoms with E-state index in [2.05, 4.69) is 11.6 Å². The number of pyridine rings is 1. The molecule has 0 unspecified atom stereocenters. The summed E-state index contributed by atoms with van der Waals surface area (Å²) in [6, 6.07) is 5.32. The van der Waals surface area contributed by atoms with Crippen LogP contribution in [0.25, 0.3) is 0 Å². The summed E-state index contributed by atoms with van der Waals surface area (Å²) in [6.45, 7) is 4.60. The van der Waals surface area contributed by atoms with Crippen LogP contribution in [0.1, 0.15) is 12.5 Å². The molecule has 0 saturated carbocycles. The summed E-state index contributed by atoms with van der Waals surface area (Å²) < 4.78 is 0. The third-order valence-corrected chi connectivity index (χ3v) is 1.17. The van der Waals surface area contributed by atoms with E-state index in [1.165, 1.54) is 6.92 Å². The van der Waals surface area contributed by atoms with Crippen LogP contribution in [0, 0.1) is 11.3 Å². The van der Waals surface area contributed by atoms with Gasteiger partial charge >= 0.3 is 5.97 Å². The lowest BCUT2D eigenvalue weighted by Gasteiger charge is -1.79. The van der Waals surface area contributed by atoms with Crippen molar-refractivity contribution in [2.75, 3.05) is 0 Å². The third-order valence-electron chi connectivity index (χ3n) is 1.17. The minimum atomic E-state index is -0.935. The fourth-order valence-corrected chi connectivity index (χ4v) is 0.426. The van der Waals surface area contributed by atoms with Gasteiger partial charge in [0.2, 0.25) is 0 Å². The molecule has 1 heterocycles. The number of nitrogens with zero attached hydrogens (tertiary/aromatic N) is 2. The SMILES string of the molecule is C=C(C)C(=O)O.N#Cc1ccncc1. The van der Waals surface area contributed by atoms with Crippen molar-refractivity contribution < 1.29 is 9.90 Å². The summed E-state index contributed by atoms with van der Waals surface area (Å²) in [6.07, 6.45) is 3.19. The van der Waals surface area contributed by atoms with Crippen LogP contribution in [0.5, 0.6) is 0 Å². The summed E-state index contributed by atoms with van der Waals surface area (Å²) in [5.41, 5.74) is 0.829. The highest BCUT2D eigenvalue weighted by Crippen LogP contribution is 1.89. The van der Waals surface area contributed by atoms with E-state index in [0.29, 0.717) is 5.56 Å². The molecular formula is C10H10N2O2. The average Bonchev–Trinajstić information content (AvgIpc) is 2.20. The second-order valence-electron chi connectivity index (χ2n) is 2.43. The molecule has 1 N–H and O–H groups in total. The fraction of sp³-hybridized carbons (Fsp3) is 0.100. The molecule has 0 spiro atoms. The number of hydrogen-bond donors (Lipinski definition) is 1. The van der Waals surface area contributed by atoms with Gasteiger partial charge in [0.05, 0.1) is 11.6 Å². The normalized spacial score (nSPS) is 7.71. The number of aliphatic carboxylic acids is 1. The van der Waals surface area contributed by atoms with Gasteiger partial charge in [-0.25, -0.2) is 4.79 Å². The number of hydrogen-bond acceptors (Lipinski definition) is 3. The zero-order valence-corrected chi connectivity index (χ0v) is 7.77. The third kappa shape index (κ3) is 5.49. The van der Waals surface area contributed by atoms with Crippen molar-refractivity contribution in [3.8, 4) is 6.07 Å². The van der Waals surface area contributed by atoms with Gasteiger partial charge in [0, 0.05) is 18.0 Å². The van der Waals surface area contributed by atoms with Crippen LogP contribution in [0.15, 0.2) is 36.7 Å². The molecule has 1 aromatic heterocycles. The first-order valence-electron chi connectivity index (χ1n) is 3.77. The Balaban J connectivity index is 0.000000255. The van der Waals surface area contributed by atoms with Crippen molar-refractivity contribution >= 4 is 5.97 Å². The maximum Gasteiger partial charge on any atom is 0.330 e. The van der Waals surface area contributed by atoms with Gasteiger partial charge in [0.1, 0.15) is 0 Å². The minimum Gasteiger partial charge on any atom is -0.478 e. The van der Waals surface area contributed by atoms with Crippen LogP contribution in [0.2, 0.25) is 0 Å². The summed E-state index contributed by atoms with van der Waals surface area (Å²) in [7, 11) is 0. The topological polar surface area (TPSA) is 74.0 Å². The Bertz CT molecular complexity index is 340. The molecule has 0 bridgehead atoms. The molecule has 0 radical (unpaired) electrons. The van der Waals surface area contributed by atoms with Gasteiger partial charge in [-0.05, 0) is 19.1 Å². The lowest BCUT2D eigenvalue weighted by Crippen LogP contribution is -1.92. The number of carbonyl (C=O) groups is 1. The second kappa shape index (κ2) is 6.38. The van der Waals surface area contributed by atoms with Gasteiger partial charge in [-0.1, -0.05) is 6.58 Å². The highest BCUT2D eigenvalue weighted by atomic mass is 16.4. The zero-order valence-electron chi connectivity index (χ0n) is 7.77. The van der Waals surface area contributed by atoms with Gasteiger partial charge in [-0.2, -0.15) is 5.26 Å². The van der Waals surface area contributed by atoms with Crippen LogP contribution in [0.3, 0.4) is 0 Å². The molecule has 1 aromatic rings. The Hall–Kier alpha value is -2.15. The van der Waals surface area contributed by atoms with E-state index in [1.807, 2.05) is 6.07 Å². The lowest BCUT2D eigenvalue weighted by molar-refractivity contribution is -0.132. The standard InChI is InChI=1S/C6H4N2.C4H6O2/c7-5-6-1-3-8-4-2-6;1-3(2)4(5)6/h1-4H;1H2,2H3,(H,5,6). The Morgan fingerprint density at radius 3 is 2.21 bits per heavy atom.